The van der Waals surface area contributed by atoms with Crippen LogP contribution in [0.25, 0.3) is 0 Å². The van der Waals surface area contributed by atoms with Crippen LogP contribution in [0.2, 0.25) is 0 Å². The van der Waals surface area contributed by atoms with E-state index < -0.39 is 11.8 Å². The molecule has 0 atom stereocenters. The predicted octanol–water partition coefficient (Wildman–Crippen LogP) is 4.62. The topological polar surface area (TPSA) is 12.0 Å². The summed E-state index contributed by atoms with van der Waals surface area (Å²) in [5.41, 5.74) is 1.18. The fourth-order valence-corrected chi connectivity index (χ4v) is 14.8. The summed E-state index contributed by atoms with van der Waals surface area (Å²) >= 11 is 9.56. The van der Waals surface area contributed by atoms with Crippen molar-refractivity contribution in [3.63, 3.8) is 0 Å². The van der Waals surface area contributed by atoms with Crippen molar-refractivity contribution in [3.05, 3.63) is 0 Å². The second kappa shape index (κ2) is 6.83. The second-order valence-electron chi connectivity index (χ2n) is 5.89. The molecule has 0 bridgehead atoms. The van der Waals surface area contributed by atoms with Gasteiger partial charge in [-0.05, 0) is 0 Å². The minimum absolute atomic E-state index is 0.572. The Morgan fingerprint density at radius 3 is 1.24 bits per heavy atom. The first-order valence-electron chi connectivity index (χ1n) is 6.46. The van der Waals surface area contributed by atoms with Gasteiger partial charge in [-0.1, -0.05) is 0 Å². The van der Waals surface area contributed by atoms with Gasteiger partial charge in [0.15, 0.2) is 0 Å². The molecule has 1 nitrogen and oxygen atoms in total. The maximum atomic E-state index is 6.04. The van der Waals surface area contributed by atoms with E-state index in [1.165, 1.54) is 0 Å². The average molecular weight is 360 g/mol. The molecule has 0 aliphatic carbocycles. The normalized spacial score (nSPS) is 14.4. The minimum atomic E-state index is -1.49. The molecule has 0 unspecified atom stereocenters. The van der Waals surface area contributed by atoms with Gasteiger partial charge in [-0.15, -0.1) is 0 Å². The third-order valence-corrected chi connectivity index (χ3v) is 22.1. The van der Waals surface area contributed by atoms with Gasteiger partial charge in [0.25, 0.3) is 0 Å². The van der Waals surface area contributed by atoms with Crippen molar-refractivity contribution in [2.75, 3.05) is 0 Å². The number of hydrogen-bond donors (Lipinski definition) is 1. The molecule has 17 heavy (non-hydrogen) atoms. The van der Waals surface area contributed by atoms with Gasteiger partial charge in [0.2, 0.25) is 0 Å². The first kappa shape index (κ1) is 18.6. The van der Waals surface area contributed by atoms with Crippen molar-refractivity contribution in [1.29, 1.82) is 0 Å². The Hall–Kier alpha value is 1.56. The average Bonchev–Trinajstić information content (AvgIpc) is 2.15. The van der Waals surface area contributed by atoms with Crippen molar-refractivity contribution in [1.82, 2.24) is 4.86 Å². The van der Waals surface area contributed by atoms with Gasteiger partial charge in [0.1, 0.15) is 0 Å². The summed E-state index contributed by atoms with van der Waals surface area (Å²) in [6.07, 6.45) is -1.49. The third kappa shape index (κ3) is 4.27. The van der Waals surface area contributed by atoms with Crippen LogP contribution in [0.1, 0.15) is 55.4 Å². The van der Waals surface area contributed by atoms with Crippen molar-refractivity contribution < 1.29 is 0 Å². The van der Waals surface area contributed by atoms with Crippen molar-refractivity contribution >= 4 is 38.8 Å². The van der Waals surface area contributed by atoms with Crippen LogP contribution in [0, 0.1) is 0 Å². The maximum absolute atomic E-state index is 6.04. The molecule has 5 heteroatoms. The molecular formula is C12H29NP2SSe. The van der Waals surface area contributed by atoms with Crippen LogP contribution in [-0.4, -0.2) is 37.7 Å². The molecule has 1 N–H and O–H groups in total. The Morgan fingerprint density at radius 1 is 0.765 bits per heavy atom. The van der Waals surface area contributed by atoms with Gasteiger partial charge < -0.3 is 0 Å². The van der Waals surface area contributed by atoms with E-state index in [1.54, 1.807) is 0 Å². The Morgan fingerprint density at radius 2 is 1.06 bits per heavy atom. The molecule has 0 aromatic carbocycles. The van der Waals surface area contributed by atoms with Gasteiger partial charge in [-0.2, -0.15) is 0 Å². The summed E-state index contributed by atoms with van der Waals surface area (Å²) in [6.45, 7) is 18.4. The molecule has 0 aromatic heterocycles. The van der Waals surface area contributed by atoms with Crippen molar-refractivity contribution in [2.24, 2.45) is 0 Å². The Labute approximate surface area is 121 Å². The second-order valence-corrected chi connectivity index (χ2v) is 19.3. The van der Waals surface area contributed by atoms with Crippen molar-refractivity contribution in [3.8, 4) is 0 Å². The Balaban J connectivity index is 5.39. The molecular weight excluding hydrogens is 331 g/mol. The van der Waals surface area contributed by atoms with E-state index in [1.807, 2.05) is 0 Å². The van der Waals surface area contributed by atoms with Crippen molar-refractivity contribution in [2.45, 2.75) is 78.0 Å². The summed E-state index contributed by atoms with van der Waals surface area (Å²) in [5, 5.41) is 0. The number of hydrogen-bond acceptors (Lipinski definition) is 1. The first-order valence-corrected chi connectivity index (χ1v) is 13.5. The van der Waals surface area contributed by atoms with Crippen LogP contribution in [0.15, 0.2) is 0 Å². The first-order chi connectivity index (χ1) is 7.48. The van der Waals surface area contributed by atoms with E-state index in [4.69, 9.17) is 11.8 Å². The van der Waals surface area contributed by atoms with Gasteiger partial charge >= 0.3 is 122 Å². The summed E-state index contributed by atoms with van der Waals surface area (Å²) < 4.78 is 0. The molecule has 0 rings (SSSR count). The predicted molar refractivity (Wildman–Crippen MR) is 90.6 cm³/mol. The molecule has 0 aromatic rings. The summed E-state index contributed by atoms with van der Waals surface area (Å²) in [5.74, 6) is 0. The van der Waals surface area contributed by atoms with E-state index in [0.29, 0.717) is 22.6 Å². The van der Waals surface area contributed by atoms with E-state index in [2.05, 4.69) is 75.3 Å². The van der Waals surface area contributed by atoms with E-state index in [9.17, 15) is 0 Å². The van der Waals surface area contributed by atoms with Gasteiger partial charge in [0, 0.05) is 0 Å². The molecule has 0 fully saturated rings. The van der Waals surface area contributed by atoms with Crippen LogP contribution in [0.4, 0.5) is 0 Å². The zero-order valence-corrected chi connectivity index (χ0v) is 16.8. The summed E-state index contributed by atoms with van der Waals surface area (Å²) in [7, 11) is 0. The molecule has 0 saturated heterocycles. The van der Waals surface area contributed by atoms with Crippen LogP contribution >= 0.6 is 11.8 Å². The fourth-order valence-electron chi connectivity index (χ4n) is 1.90. The SMILES string of the molecule is CC(C)P(=S)(NP(=[Se])(C(C)C)C(C)C)C(C)C. The Bertz CT molecular complexity index is 281. The van der Waals surface area contributed by atoms with E-state index in [0.717, 1.165) is 0 Å². The standard InChI is InChI=1S/C12H29NP2SSe/c1-9(2)14(16,10(3)4)13-15(17,11(5)6)12(7)8/h9-12H,1-8H3,(H,13,16,17). The van der Waals surface area contributed by atoms with Gasteiger partial charge in [0.05, 0.1) is 0 Å². The zero-order chi connectivity index (χ0) is 14.0. The zero-order valence-electron chi connectivity index (χ0n) is 12.5. The molecule has 0 heterocycles. The summed E-state index contributed by atoms with van der Waals surface area (Å²) in [4.78, 5) is 3.99. The van der Waals surface area contributed by atoms with Gasteiger partial charge in [-0.25, -0.2) is 0 Å². The van der Waals surface area contributed by atoms with E-state index >= 15 is 0 Å². The van der Waals surface area contributed by atoms with Crippen LogP contribution in [-0.2, 0) is 11.8 Å². The fraction of sp³-hybridized carbons (Fsp3) is 1.00. The monoisotopic (exact) mass is 361 g/mol. The third-order valence-electron chi connectivity index (χ3n) is 3.38. The molecule has 0 aliphatic heterocycles. The van der Waals surface area contributed by atoms with Crippen LogP contribution in [0.5, 0.6) is 0 Å². The molecule has 0 aliphatic rings. The van der Waals surface area contributed by atoms with E-state index in [-0.39, 0.29) is 0 Å². The van der Waals surface area contributed by atoms with Gasteiger partial charge in [-0.3, -0.25) is 0 Å². The molecule has 104 valence electrons. The molecule has 0 amide bonds. The quantitative estimate of drug-likeness (QED) is 0.548. The summed E-state index contributed by atoms with van der Waals surface area (Å²) in [6, 6.07) is 0. The number of nitrogens with one attached hydrogen (secondary N) is 1. The molecule has 0 saturated carbocycles. The number of rotatable bonds is 6. The molecule has 0 radical (unpaired) electrons. The molecule has 0 spiro atoms. The van der Waals surface area contributed by atoms with Crippen LogP contribution < -0.4 is 4.86 Å². The Kier molecular flexibility index (Phi) is 7.45. The van der Waals surface area contributed by atoms with Crippen LogP contribution in [0.3, 0.4) is 0 Å².